The number of ether oxygens (including phenoxy) is 3. The number of carbonyl (C=O) groups is 10. The molecule has 1 saturated carbocycles. The van der Waals surface area contributed by atoms with Crippen LogP contribution < -0.4 is 31.7 Å². The maximum absolute atomic E-state index is 14.8. The number of likely N-dealkylation sites (tertiary alicyclic amines) is 1. The van der Waals surface area contributed by atoms with E-state index in [1.165, 1.54) is 30.8 Å². The number of nitrogens with two attached hydrogens (primary N) is 1. The number of aliphatic carboxylic acids is 1. The number of aromatic nitrogens is 3. The van der Waals surface area contributed by atoms with Gasteiger partial charge in [0.1, 0.15) is 18.7 Å². The quantitative estimate of drug-likeness (QED) is 0.0376. The van der Waals surface area contributed by atoms with E-state index in [0.717, 1.165) is 0 Å². The highest BCUT2D eigenvalue weighted by molar-refractivity contribution is 5.97. The van der Waals surface area contributed by atoms with Gasteiger partial charge in [-0.1, -0.05) is 121 Å². The number of aromatic amines is 1. The van der Waals surface area contributed by atoms with E-state index in [9.17, 15) is 58.2 Å². The maximum Gasteiger partial charge on any atom is 0.410 e. The minimum Gasteiger partial charge on any atom is -0.481 e. The number of H-pyrrole nitrogens is 1. The third kappa shape index (κ3) is 20.9. The van der Waals surface area contributed by atoms with Gasteiger partial charge in [0.25, 0.3) is 5.91 Å². The number of ketones is 2. The number of amides is 7. The highest BCUT2D eigenvalue weighted by Crippen LogP contribution is 2.45. The molecule has 2 heterocycles. The fourth-order valence-electron chi connectivity index (χ4n) is 12.8. The van der Waals surface area contributed by atoms with Gasteiger partial charge in [-0.05, 0) is 86.4 Å². The number of Topliss-reactive ketones (excluding diaryl/α,β-unsaturated/α-hetero) is 2. The highest BCUT2D eigenvalue weighted by atomic mass is 16.6. The van der Waals surface area contributed by atoms with Gasteiger partial charge in [0.15, 0.2) is 24.3 Å². The summed E-state index contributed by atoms with van der Waals surface area (Å²) in [6.07, 6.45) is 0.729. The SMILES string of the molecule is CC[C@H](C)[C@@H]([C@@H](CC(=O)N1CCC[C@H]1[C@H](OC)[C@@H](C)C(=O)N[C@H](C)[C@@H](O)c1ccccc1)OC)N(C)C(=O)[C@@H](NC(=O)[C@H](C(C)C)N(C)C(=O)OCc1ccc(CC(=O)[C@H](CCN)NC(=O)C2(CC(=O)[C@H](CCC(=O)O)NC(=O)C[n+]3cc(C)n[nH]3)CCC2)cc1)C(C)C. The summed E-state index contributed by atoms with van der Waals surface area (Å²) in [5, 5.41) is 38.4. The van der Waals surface area contributed by atoms with Gasteiger partial charge in [0.2, 0.25) is 35.2 Å². The molecule has 0 spiro atoms. The number of benzene rings is 2. The number of carbonyl (C=O) groups excluding carboxylic acids is 9. The molecule has 12 atom stereocenters. The second-order valence-corrected chi connectivity index (χ2v) is 26.3. The van der Waals surface area contributed by atoms with E-state index in [0.29, 0.717) is 67.5 Å². The lowest BCUT2D eigenvalue weighted by Crippen LogP contribution is -2.60. The van der Waals surface area contributed by atoms with Crippen LogP contribution in [0.4, 0.5) is 4.79 Å². The first kappa shape index (κ1) is 77.0. The molecule has 0 radical (unpaired) electrons. The zero-order valence-corrected chi connectivity index (χ0v) is 57.2. The Kier molecular flexibility index (Phi) is 29.7. The van der Waals surface area contributed by atoms with Gasteiger partial charge in [-0.2, -0.15) is 4.68 Å². The van der Waals surface area contributed by atoms with E-state index in [2.05, 4.69) is 31.6 Å². The van der Waals surface area contributed by atoms with Crippen molar-refractivity contribution >= 4 is 59.1 Å². The smallest absolute Gasteiger partial charge is 0.410 e. The molecule has 1 aromatic heterocycles. The molecule has 26 nitrogen and oxygen atoms in total. The summed E-state index contributed by atoms with van der Waals surface area (Å²) in [6, 6.07) is 9.84. The number of aliphatic hydroxyl groups excluding tert-OH is 1. The number of hydrogen-bond donors (Lipinski definition) is 8. The number of nitrogens with one attached hydrogen (secondary N) is 5. The van der Waals surface area contributed by atoms with Crippen molar-refractivity contribution in [2.24, 2.45) is 34.8 Å². The molecule has 9 N–H and O–H groups in total. The maximum atomic E-state index is 14.8. The lowest BCUT2D eigenvalue weighted by atomic mass is 9.64. The minimum absolute atomic E-state index is 0.0681. The van der Waals surface area contributed by atoms with E-state index in [4.69, 9.17) is 19.9 Å². The number of carboxylic acid groups (broad SMARTS) is 1. The topological polar surface area (TPSA) is 355 Å². The van der Waals surface area contributed by atoms with Crippen LogP contribution in [0.2, 0.25) is 0 Å². The van der Waals surface area contributed by atoms with Crippen LogP contribution in [-0.4, -0.2) is 190 Å². The predicted molar refractivity (Wildman–Crippen MR) is 347 cm³/mol. The summed E-state index contributed by atoms with van der Waals surface area (Å²) in [6.45, 7) is 16.4. The van der Waals surface area contributed by atoms with Gasteiger partial charge >= 0.3 is 12.1 Å². The van der Waals surface area contributed by atoms with Crippen molar-refractivity contribution in [2.75, 3.05) is 41.4 Å². The molecule has 0 bridgehead atoms. The lowest BCUT2D eigenvalue weighted by Gasteiger charge is -2.41. The first-order valence-corrected chi connectivity index (χ1v) is 32.9. The van der Waals surface area contributed by atoms with Crippen molar-refractivity contribution in [2.45, 2.75) is 213 Å². The van der Waals surface area contributed by atoms with Crippen molar-refractivity contribution in [1.29, 1.82) is 0 Å². The Bertz CT molecular complexity index is 3030. The number of rotatable bonds is 38. The van der Waals surface area contributed by atoms with Crippen LogP contribution in [0.5, 0.6) is 0 Å². The Labute approximate surface area is 552 Å². The van der Waals surface area contributed by atoms with Crippen LogP contribution in [0.25, 0.3) is 0 Å². The lowest BCUT2D eigenvalue weighted by molar-refractivity contribution is -0.742. The molecular formula is C68H104N11O15+. The Hall–Kier alpha value is -7.68. The van der Waals surface area contributed by atoms with E-state index < -0.39 is 132 Å². The fourth-order valence-corrected chi connectivity index (χ4v) is 12.8. The fraction of sp³-hybridized carbons (Fsp3) is 0.647. The molecule has 1 saturated heterocycles. The molecule has 3 aromatic rings. The van der Waals surface area contributed by atoms with Crippen LogP contribution in [0.1, 0.15) is 155 Å². The van der Waals surface area contributed by atoms with Crippen LogP contribution in [0.3, 0.4) is 0 Å². The Balaban J connectivity index is 1.17. The first-order chi connectivity index (χ1) is 44.5. The summed E-state index contributed by atoms with van der Waals surface area (Å²) in [4.78, 5) is 142. The number of aryl methyl sites for hydroxylation is 1. The number of methoxy groups -OCH3 is 2. The molecular weight excluding hydrogens is 1210 g/mol. The van der Waals surface area contributed by atoms with E-state index in [1.54, 1.807) is 108 Å². The van der Waals surface area contributed by atoms with Crippen molar-refractivity contribution in [3.8, 4) is 0 Å². The summed E-state index contributed by atoms with van der Waals surface area (Å²) in [7, 11) is 6.10. The third-order valence-corrected chi connectivity index (χ3v) is 18.7. The number of hydrogen-bond acceptors (Lipinski definition) is 16. The van der Waals surface area contributed by atoms with E-state index in [-0.39, 0.29) is 75.3 Å². The number of likely N-dealkylation sites (N-methyl/N-ethyl adjacent to an activating group) is 2. The molecule has 2 aliphatic rings. The van der Waals surface area contributed by atoms with Gasteiger partial charge in [-0.3, -0.25) is 48.1 Å². The molecule has 520 valence electrons. The third-order valence-electron chi connectivity index (χ3n) is 18.7. The average Bonchev–Trinajstić information content (AvgIpc) is 0.822. The Morgan fingerprint density at radius 3 is 2.01 bits per heavy atom. The zero-order chi connectivity index (χ0) is 69.7. The number of aliphatic hydroxyl groups is 1. The van der Waals surface area contributed by atoms with Crippen LogP contribution in [-0.2, 0) is 76.9 Å². The van der Waals surface area contributed by atoms with E-state index in [1.807, 2.05) is 32.0 Å². The highest BCUT2D eigenvalue weighted by Gasteiger charge is 2.48. The average molecular weight is 1320 g/mol. The Morgan fingerprint density at radius 2 is 1.46 bits per heavy atom. The zero-order valence-electron chi connectivity index (χ0n) is 57.2. The van der Waals surface area contributed by atoms with Crippen molar-refractivity contribution in [1.82, 2.24) is 46.3 Å². The van der Waals surface area contributed by atoms with Crippen LogP contribution >= 0.6 is 0 Å². The molecule has 94 heavy (non-hydrogen) atoms. The van der Waals surface area contributed by atoms with Gasteiger partial charge < -0.3 is 61.2 Å². The molecule has 1 aliphatic heterocycles. The molecule has 7 amide bonds. The second kappa shape index (κ2) is 36.3. The van der Waals surface area contributed by atoms with Crippen LogP contribution in [0, 0.1) is 36.0 Å². The Morgan fingerprint density at radius 1 is 0.809 bits per heavy atom. The molecule has 2 fully saturated rings. The summed E-state index contributed by atoms with van der Waals surface area (Å²) in [5.74, 6) is -6.31. The predicted octanol–water partition coefficient (Wildman–Crippen LogP) is 4.02. The number of carboxylic acids is 1. The van der Waals surface area contributed by atoms with Gasteiger partial charge in [0, 0.05) is 66.1 Å². The first-order valence-electron chi connectivity index (χ1n) is 32.9. The summed E-state index contributed by atoms with van der Waals surface area (Å²) >= 11 is 0. The van der Waals surface area contributed by atoms with Crippen molar-refractivity contribution < 1.29 is 77.1 Å². The van der Waals surface area contributed by atoms with E-state index >= 15 is 0 Å². The molecule has 0 unspecified atom stereocenters. The van der Waals surface area contributed by atoms with Gasteiger partial charge in [-0.15, -0.1) is 0 Å². The monoisotopic (exact) mass is 1310 g/mol. The standard InChI is InChI=1S/C68H103N11O15/c1-14-42(6)60(54(92-12)35-56(83)79-33-18-22-51(79)62(93-13)44(8)63(87)70-45(9)61(86)48-20-16-15-17-21-48)76(10)65(89)58(40(2)3)73-64(88)59(41(4)5)77(11)67(91)94-39-47-25-23-46(24-26-47)34-52(80)50(29-32-69)72-66(90)68(30-19-31-68)36-53(81)49(27-28-57(84)85)71-55(82)38-78-37-43(7)74-75-78/h15-17,20-21,23-26,37,40-42,44-45,49-51,54,58-62,86H,14,18-19,22,27-36,38-39,69H2,1-13H3,(H5,70,71,72,73,82,84,85,87,88,90)/p+1/t42-,44+,45+,49-,50-,51-,54+,58-,59-,60-,61+,62+/m0/s1. The second-order valence-electron chi connectivity index (χ2n) is 26.3. The van der Waals surface area contributed by atoms with Crippen molar-refractivity contribution in [3.05, 3.63) is 83.2 Å². The van der Waals surface area contributed by atoms with Crippen molar-refractivity contribution in [3.63, 3.8) is 0 Å². The molecule has 26 heteroatoms. The summed E-state index contributed by atoms with van der Waals surface area (Å²) < 4.78 is 19.2. The normalized spacial score (nSPS) is 17.9. The van der Waals surface area contributed by atoms with Gasteiger partial charge in [0.05, 0.1) is 66.3 Å². The van der Waals surface area contributed by atoms with Crippen LogP contribution in [0.15, 0.2) is 60.8 Å². The minimum atomic E-state index is -1.17. The largest absolute Gasteiger partial charge is 0.481 e. The molecule has 1 aliphatic carbocycles. The van der Waals surface area contributed by atoms with Gasteiger partial charge in [-0.25, -0.2) is 4.79 Å². The number of nitrogens with zero attached hydrogens (tertiary/aromatic N) is 5. The summed E-state index contributed by atoms with van der Waals surface area (Å²) in [5.41, 5.74) is 7.22. The molecule has 2 aromatic carbocycles. The molecule has 5 rings (SSSR count).